The zero-order valence-electron chi connectivity index (χ0n) is 9.17. The minimum atomic E-state index is -1.35. The lowest BCUT2D eigenvalue weighted by atomic mass is 10.1. The summed E-state index contributed by atoms with van der Waals surface area (Å²) in [5.41, 5.74) is 4.67. The molecule has 1 aliphatic heterocycles. The van der Waals surface area contributed by atoms with Gasteiger partial charge >= 0.3 is 5.69 Å². The van der Waals surface area contributed by atoms with Crippen molar-refractivity contribution < 1.29 is 20.1 Å². The first-order chi connectivity index (χ1) is 8.45. The molecule has 1 aliphatic rings. The Kier molecular flexibility index (Phi) is 3.59. The Morgan fingerprint density at radius 1 is 1.50 bits per heavy atom. The van der Waals surface area contributed by atoms with Gasteiger partial charge in [0.15, 0.2) is 6.23 Å². The van der Waals surface area contributed by atoms with E-state index in [2.05, 4.69) is 17.6 Å². The Hall–Kier alpha value is -1.13. The summed E-state index contributed by atoms with van der Waals surface area (Å²) in [6.07, 6.45) is -3.47. The molecule has 0 radical (unpaired) electrons. The van der Waals surface area contributed by atoms with Gasteiger partial charge in [0.1, 0.15) is 24.1 Å². The van der Waals surface area contributed by atoms with E-state index in [1.54, 1.807) is 0 Å². The molecule has 2 rings (SSSR count). The Bertz CT molecular complexity index is 507. The predicted octanol–water partition coefficient (Wildman–Crippen LogP) is -2.27. The molecule has 9 heteroatoms. The molecule has 2 heterocycles. The molecule has 0 unspecified atom stereocenters. The standard InChI is InChI=1S/C9H13N3O5S/c10-7-4(18)1-12(9(16)11-7)8-6(15)5(14)3(2-13)17-8/h1,3,5-6,8,13-15,18H,2H2,(H2,10,11,16)/t3-,5-,6-,8-/m1/s1. The molecule has 0 aliphatic carbocycles. The number of hydrogen-bond donors (Lipinski definition) is 5. The summed E-state index contributed by atoms with van der Waals surface area (Å²) in [7, 11) is 0. The van der Waals surface area contributed by atoms with Crippen molar-refractivity contribution in [2.24, 2.45) is 0 Å². The van der Waals surface area contributed by atoms with Crippen LogP contribution in [-0.2, 0) is 4.74 Å². The van der Waals surface area contributed by atoms with Crippen LogP contribution in [0.3, 0.4) is 0 Å². The Morgan fingerprint density at radius 2 is 2.17 bits per heavy atom. The summed E-state index contributed by atoms with van der Waals surface area (Å²) >= 11 is 4.01. The van der Waals surface area contributed by atoms with Gasteiger partial charge in [-0.15, -0.1) is 12.6 Å². The van der Waals surface area contributed by atoms with Crippen molar-refractivity contribution >= 4 is 18.4 Å². The van der Waals surface area contributed by atoms with E-state index in [1.165, 1.54) is 6.20 Å². The highest BCUT2D eigenvalue weighted by Crippen LogP contribution is 2.28. The lowest BCUT2D eigenvalue weighted by Gasteiger charge is -2.17. The minimum absolute atomic E-state index is 0.0358. The molecule has 0 saturated carbocycles. The molecule has 1 fully saturated rings. The molecule has 4 atom stereocenters. The van der Waals surface area contributed by atoms with Crippen LogP contribution in [0.4, 0.5) is 5.82 Å². The van der Waals surface area contributed by atoms with Crippen LogP contribution in [0, 0.1) is 0 Å². The number of nitrogens with two attached hydrogens (primary N) is 1. The fraction of sp³-hybridized carbons (Fsp3) is 0.556. The van der Waals surface area contributed by atoms with Gasteiger partial charge in [0.2, 0.25) is 0 Å². The van der Waals surface area contributed by atoms with Crippen molar-refractivity contribution in [1.29, 1.82) is 0 Å². The molecule has 8 nitrogen and oxygen atoms in total. The minimum Gasteiger partial charge on any atom is -0.394 e. The first kappa shape index (κ1) is 13.3. The third kappa shape index (κ3) is 2.10. The van der Waals surface area contributed by atoms with Crippen molar-refractivity contribution in [3.05, 3.63) is 16.7 Å². The molecular formula is C9H13N3O5S. The molecular weight excluding hydrogens is 262 g/mol. The molecule has 0 bridgehead atoms. The number of hydrogen-bond acceptors (Lipinski definition) is 8. The van der Waals surface area contributed by atoms with Gasteiger partial charge < -0.3 is 25.8 Å². The first-order valence-electron chi connectivity index (χ1n) is 5.15. The smallest absolute Gasteiger partial charge is 0.351 e. The van der Waals surface area contributed by atoms with E-state index in [9.17, 15) is 15.0 Å². The van der Waals surface area contributed by atoms with Gasteiger partial charge in [0.05, 0.1) is 11.5 Å². The summed E-state index contributed by atoms with van der Waals surface area (Å²) in [6, 6.07) is 0. The summed E-state index contributed by atoms with van der Waals surface area (Å²) in [5.74, 6) is -0.0358. The largest absolute Gasteiger partial charge is 0.394 e. The second kappa shape index (κ2) is 4.86. The highest BCUT2D eigenvalue weighted by atomic mass is 32.1. The lowest BCUT2D eigenvalue weighted by Crippen LogP contribution is -2.36. The molecule has 0 aromatic carbocycles. The van der Waals surface area contributed by atoms with Crippen LogP contribution in [0.15, 0.2) is 15.9 Å². The van der Waals surface area contributed by atoms with E-state index in [4.69, 9.17) is 15.6 Å². The van der Waals surface area contributed by atoms with Crippen LogP contribution in [0.1, 0.15) is 6.23 Å². The molecule has 1 aromatic heterocycles. The van der Waals surface area contributed by atoms with Crippen LogP contribution < -0.4 is 11.4 Å². The Labute approximate surface area is 107 Å². The number of aliphatic hydroxyl groups excluding tert-OH is 3. The molecule has 18 heavy (non-hydrogen) atoms. The molecule has 1 aromatic rings. The fourth-order valence-electron chi connectivity index (χ4n) is 1.76. The van der Waals surface area contributed by atoms with E-state index in [0.29, 0.717) is 0 Å². The first-order valence-corrected chi connectivity index (χ1v) is 5.60. The lowest BCUT2D eigenvalue weighted by molar-refractivity contribution is -0.0552. The number of anilines is 1. The van der Waals surface area contributed by atoms with E-state index in [-0.39, 0.29) is 10.7 Å². The Balaban J connectivity index is 2.39. The number of nitrogen functional groups attached to an aromatic ring is 1. The number of aliphatic hydroxyl groups is 3. The monoisotopic (exact) mass is 275 g/mol. The number of rotatable bonds is 2. The predicted molar refractivity (Wildman–Crippen MR) is 63.2 cm³/mol. The van der Waals surface area contributed by atoms with Crippen LogP contribution >= 0.6 is 12.6 Å². The summed E-state index contributed by atoms with van der Waals surface area (Å²) in [4.78, 5) is 15.4. The summed E-state index contributed by atoms with van der Waals surface area (Å²) in [5, 5.41) is 28.3. The average Bonchev–Trinajstić information content (AvgIpc) is 2.61. The van der Waals surface area contributed by atoms with Gasteiger partial charge in [-0.25, -0.2) is 4.79 Å². The third-order valence-corrected chi connectivity index (χ3v) is 3.10. The summed E-state index contributed by atoms with van der Waals surface area (Å²) in [6.45, 7) is -0.473. The molecule has 1 saturated heterocycles. The molecule has 0 amide bonds. The highest BCUT2D eigenvalue weighted by molar-refractivity contribution is 7.80. The fourth-order valence-corrected chi connectivity index (χ4v) is 1.94. The van der Waals surface area contributed by atoms with Crippen molar-refractivity contribution in [3.63, 3.8) is 0 Å². The molecule has 5 N–H and O–H groups in total. The van der Waals surface area contributed by atoms with Crippen LogP contribution in [-0.4, -0.2) is 49.8 Å². The maximum atomic E-state index is 11.6. The number of ether oxygens (including phenoxy) is 1. The van der Waals surface area contributed by atoms with Gasteiger partial charge in [-0.2, -0.15) is 4.98 Å². The second-order valence-corrected chi connectivity index (χ2v) is 4.41. The SMILES string of the molecule is Nc1nc(=O)n([C@@H]2O[C@H](CO)[C@@H](O)[C@H]2O)cc1S. The third-order valence-electron chi connectivity index (χ3n) is 2.75. The van der Waals surface area contributed by atoms with Crippen molar-refractivity contribution in [2.75, 3.05) is 12.3 Å². The topological polar surface area (TPSA) is 131 Å². The molecule has 100 valence electrons. The number of nitrogens with zero attached hydrogens (tertiary/aromatic N) is 2. The van der Waals surface area contributed by atoms with E-state index in [0.717, 1.165) is 4.57 Å². The molecule has 0 spiro atoms. The van der Waals surface area contributed by atoms with Crippen LogP contribution in [0.25, 0.3) is 0 Å². The Morgan fingerprint density at radius 3 is 2.72 bits per heavy atom. The van der Waals surface area contributed by atoms with Crippen LogP contribution in [0.5, 0.6) is 0 Å². The van der Waals surface area contributed by atoms with Crippen molar-refractivity contribution in [1.82, 2.24) is 9.55 Å². The van der Waals surface area contributed by atoms with Gasteiger partial charge in [0.25, 0.3) is 0 Å². The van der Waals surface area contributed by atoms with Crippen molar-refractivity contribution in [2.45, 2.75) is 29.4 Å². The maximum absolute atomic E-state index is 11.6. The van der Waals surface area contributed by atoms with Crippen LogP contribution in [0.2, 0.25) is 0 Å². The van der Waals surface area contributed by atoms with E-state index >= 15 is 0 Å². The number of thiol groups is 1. The van der Waals surface area contributed by atoms with E-state index in [1.807, 2.05) is 0 Å². The van der Waals surface area contributed by atoms with E-state index < -0.39 is 36.8 Å². The van der Waals surface area contributed by atoms with Gasteiger partial charge in [-0.3, -0.25) is 4.57 Å². The van der Waals surface area contributed by atoms with Gasteiger partial charge in [0, 0.05) is 6.20 Å². The summed E-state index contributed by atoms with van der Waals surface area (Å²) < 4.78 is 6.17. The highest BCUT2D eigenvalue weighted by Gasteiger charge is 2.43. The number of aromatic nitrogens is 2. The van der Waals surface area contributed by atoms with Gasteiger partial charge in [-0.05, 0) is 0 Å². The second-order valence-electron chi connectivity index (χ2n) is 3.93. The maximum Gasteiger partial charge on any atom is 0.351 e. The van der Waals surface area contributed by atoms with Crippen molar-refractivity contribution in [3.8, 4) is 0 Å². The zero-order chi connectivity index (χ0) is 13.4. The van der Waals surface area contributed by atoms with Gasteiger partial charge in [-0.1, -0.05) is 0 Å². The average molecular weight is 275 g/mol. The quantitative estimate of drug-likeness (QED) is 0.384. The normalized spacial score (nSPS) is 31.8. The zero-order valence-corrected chi connectivity index (χ0v) is 10.1.